The molecule has 10 rings (SSSR count). The summed E-state index contributed by atoms with van der Waals surface area (Å²) in [5.41, 5.74) is 27.5. The molecule has 5 heterocycles. The Labute approximate surface area is 525 Å². The Hall–Kier alpha value is -9.66. The Bertz CT molecular complexity index is 4190. The van der Waals surface area contributed by atoms with Crippen LogP contribution in [0, 0.1) is 27.7 Å². The third-order valence-electron chi connectivity index (χ3n) is 14.0. The number of aromatic amines is 2. The number of ether oxygens (including phenoxy) is 1. The number of pyridine rings is 2. The molecule has 0 aliphatic rings. The van der Waals surface area contributed by atoms with E-state index < -0.39 is 11.2 Å². The van der Waals surface area contributed by atoms with Gasteiger partial charge in [-0.1, -0.05) is 144 Å². The minimum Gasteiger partial charge on any atom is -0.497 e. The zero-order chi connectivity index (χ0) is 64.4. The van der Waals surface area contributed by atoms with Crippen molar-refractivity contribution >= 4 is 34.8 Å². The molecule has 89 heavy (non-hydrogen) atoms. The van der Waals surface area contributed by atoms with E-state index in [0.29, 0.717) is 49.1 Å². The molecular weight excluding hydrogens is 1170 g/mol. The molecule has 0 spiro atoms. The van der Waals surface area contributed by atoms with E-state index >= 15 is 0 Å². The molecule has 19 nitrogen and oxygen atoms in total. The van der Waals surface area contributed by atoms with Gasteiger partial charge in [0.05, 0.1) is 51.7 Å². The summed E-state index contributed by atoms with van der Waals surface area (Å²) in [6.07, 6.45) is 5.39. The molecule has 0 radical (unpaired) electrons. The van der Waals surface area contributed by atoms with Gasteiger partial charge in [0.1, 0.15) is 17.4 Å². The number of aliphatic hydroxyl groups excluding tert-OH is 1. The molecule has 0 saturated heterocycles. The lowest BCUT2D eigenvalue weighted by molar-refractivity contribution is 0.281. The van der Waals surface area contributed by atoms with E-state index in [2.05, 4.69) is 15.0 Å². The number of methoxy groups -OCH3 is 1. The molecule has 10 aromatic rings. The van der Waals surface area contributed by atoms with Crippen molar-refractivity contribution in [3.05, 3.63) is 317 Å². The number of alkyl halides is 2. The van der Waals surface area contributed by atoms with Crippen LogP contribution in [-0.2, 0) is 63.9 Å². The number of halogens is 2. The van der Waals surface area contributed by atoms with Gasteiger partial charge in [0.25, 0.3) is 16.7 Å². The van der Waals surface area contributed by atoms with Crippen LogP contribution in [0.5, 0.6) is 5.75 Å². The molecule has 464 valence electrons. The fraction of sp³-hybridized carbons (Fsp3) is 0.235. The second kappa shape index (κ2) is 34.6. The highest BCUT2D eigenvalue weighted by atomic mass is 35.5. The van der Waals surface area contributed by atoms with Crippen molar-refractivity contribution in [2.45, 2.75) is 98.0 Å². The first-order valence-electron chi connectivity index (χ1n) is 28.5. The highest BCUT2D eigenvalue weighted by molar-refractivity contribution is 6.17. The van der Waals surface area contributed by atoms with Gasteiger partial charge in [-0.2, -0.15) is 0 Å². The Kier molecular flexibility index (Phi) is 26.6. The Morgan fingerprint density at radius 2 is 0.899 bits per heavy atom. The highest BCUT2D eigenvalue weighted by Crippen LogP contribution is 2.15. The summed E-state index contributed by atoms with van der Waals surface area (Å²) in [5.74, 6) is 2.12. The summed E-state index contributed by atoms with van der Waals surface area (Å²) in [5, 5.41) is 8.66. The van der Waals surface area contributed by atoms with Gasteiger partial charge in [-0.3, -0.25) is 37.6 Å². The summed E-state index contributed by atoms with van der Waals surface area (Å²) in [6, 6.07) is 50.9. The number of anilines is 2. The van der Waals surface area contributed by atoms with Crippen molar-refractivity contribution in [2.24, 2.45) is 5.73 Å². The van der Waals surface area contributed by atoms with Gasteiger partial charge in [0, 0.05) is 59.8 Å². The van der Waals surface area contributed by atoms with Crippen LogP contribution in [0.25, 0.3) is 0 Å². The van der Waals surface area contributed by atoms with Crippen molar-refractivity contribution in [1.29, 1.82) is 0 Å². The molecule has 0 atom stereocenters. The Morgan fingerprint density at radius 1 is 0.494 bits per heavy atom. The number of nitrogens with one attached hydrogen (secondary N) is 2. The zero-order valence-electron chi connectivity index (χ0n) is 50.5. The van der Waals surface area contributed by atoms with E-state index in [4.69, 9.17) is 50.2 Å². The van der Waals surface area contributed by atoms with Crippen LogP contribution >= 0.6 is 23.2 Å². The van der Waals surface area contributed by atoms with Crippen molar-refractivity contribution < 1.29 is 9.84 Å². The number of benzene rings is 5. The summed E-state index contributed by atoms with van der Waals surface area (Å²) >= 11 is 11.3. The van der Waals surface area contributed by atoms with Crippen LogP contribution in [0.4, 0.5) is 11.6 Å². The molecule has 5 aromatic carbocycles. The highest BCUT2D eigenvalue weighted by Gasteiger charge is 2.15. The molecule has 0 unspecified atom stereocenters. The number of aliphatic hydroxyl groups is 1. The van der Waals surface area contributed by atoms with Crippen molar-refractivity contribution in [2.75, 3.05) is 18.6 Å². The van der Waals surface area contributed by atoms with Gasteiger partial charge in [-0.15, -0.1) is 23.2 Å². The SMILES string of the molecule is COc1ccc(CO)cc1.Cc1ccc(Cn2c(CCCc3cccnc3N)cc(=O)n(Cc3ccc(C)cc3)c2=O)cc1.Cc1ccc(Cn2c(CCl)cc(=O)n(Cc3ccc(C)cc3)c2=O)cc1.NCc1cccnc1N.O=c1cc(CCl)[nH]c(=O)[nH]1. The number of rotatable bonds is 17. The fourth-order valence-corrected chi connectivity index (χ4v) is 9.21. The number of hydrogen-bond donors (Lipinski definition) is 6. The van der Waals surface area contributed by atoms with E-state index in [1.54, 1.807) is 34.7 Å². The zero-order valence-corrected chi connectivity index (χ0v) is 52.0. The van der Waals surface area contributed by atoms with Crippen LogP contribution in [0.1, 0.15) is 84.7 Å². The van der Waals surface area contributed by atoms with Gasteiger partial charge >= 0.3 is 17.1 Å². The summed E-state index contributed by atoms with van der Waals surface area (Å²) < 4.78 is 10.8. The van der Waals surface area contributed by atoms with Crippen LogP contribution in [-0.4, -0.2) is 50.4 Å². The first-order valence-corrected chi connectivity index (χ1v) is 29.5. The number of aromatic nitrogens is 8. The minimum absolute atomic E-state index is 0.0873. The normalized spacial score (nSPS) is 10.5. The number of nitrogens with two attached hydrogens (primary N) is 3. The summed E-state index contributed by atoms with van der Waals surface area (Å²) in [6.45, 7) is 9.90. The lowest BCUT2D eigenvalue weighted by Gasteiger charge is -2.16. The second-order valence-corrected chi connectivity index (χ2v) is 21.4. The Balaban J connectivity index is 0.000000199. The maximum Gasteiger partial charge on any atom is 0.331 e. The predicted octanol–water partition coefficient (Wildman–Crippen LogP) is 8.45. The molecular formula is C68H75Cl2N11O8. The molecule has 0 fully saturated rings. The lowest BCUT2D eigenvalue weighted by Crippen LogP contribution is -2.41. The molecule has 21 heteroatoms. The first kappa shape index (κ1) is 68.5. The monoisotopic (exact) mass is 1240 g/mol. The summed E-state index contributed by atoms with van der Waals surface area (Å²) in [4.78, 5) is 85.3. The molecule has 0 amide bonds. The number of nitrogen functional groups attached to an aromatic ring is 2. The average molecular weight is 1250 g/mol. The van der Waals surface area contributed by atoms with Crippen LogP contribution < -0.4 is 55.7 Å². The van der Waals surface area contributed by atoms with Gasteiger partial charge < -0.3 is 32.0 Å². The number of aryl methyl sites for hydroxylation is 6. The maximum absolute atomic E-state index is 13.5. The number of hydrogen-bond acceptors (Lipinski definition) is 13. The van der Waals surface area contributed by atoms with Gasteiger partial charge in [0.2, 0.25) is 0 Å². The third-order valence-corrected chi connectivity index (χ3v) is 14.5. The smallest absolute Gasteiger partial charge is 0.331 e. The summed E-state index contributed by atoms with van der Waals surface area (Å²) in [7, 11) is 1.62. The number of nitrogens with zero attached hydrogens (tertiary/aromatic N) is 6. The van der Waals surface area contributed by atoms with E-state index in [-0.39, 0.29) is 54.0 Å². The molecule has 0 aliphatic carbocycles. The van der Waals surface area contributed by atoms with Crippen molar-refractivity contribution in [1.82, 2.24) is 38.2 Å². The molecule has 0 aliphatic heterocycles. The first-order chi connectivity index (χ1) is 42.8. The third kappa shape index (κ3) is 21.3. The van der Waals surface area contributed by atoms with Crippen LogP contribution in [0.15, 0.2) is 205 Å². The largest absolute Gasteiger partial charge is 0.497 e. The quantitative estimate of drug-likeness (QED) is 0.0467. The van der Waals surface area contributed by atoms with Gasteiger partial charge in [0.15, 0.2) is 0 Å². The standard InChI is InChI=1S/C28H30N4O2.C21H21ClN2O2.C8H10O2.C6H9N3.C5H5ClN2O2/c1-20-8-12-22(13-9-20)18-31-25(7-3-5-24-6-4-16-30-27(24)29)17-26(33)32(28(31)34)19-23-14-10-21(2)11-15-23;1-15-3-7-17(8-4-15)13-23-19(12-22)11-20(25)24(21(23)26)14-18-9-5-16(2)6-10-18;1-10-8-4-2-7(6-9)3-5-8;7-4-5-2-1-3-9-6(5)8;6-2-3-1-4(9)8-5(10)7-3/h4,6,8-17H,3,5,7,18-19H2,1-2H3,(H2,29,30);3-11H,12-14H2,1-2H3;2-5,9H,6H2,1H3;1-3H,4,7H2,(H2,8,9);1H,2H2,(H2,7,8,9,10). The number of H-pyrrole nitrogens is 2. The van der Waals surface area contributed by atoms with E-state index in [0.717, 1.165) is 85.5 Å². The predicted molar refractivity (Wildman–Crippen MR) is 354 cm³/mol. The molecule has 5 aromatic heterocycles. The topological polar surface area (TPSA) is 287 Å². The lowest BCUT2D eigenvalue weighted by atomic mass is 10.1. The van der Waals surface area contributed by atoms with Crippen molar-refractivity contribution in [3.63, 3.8) is 0 Å². The van der Waals surface area contributed by atoms with Gasteiger partial charge in [-0.25, -0.2) is 24.4 Å². The molecule has 9 N–H and O–H groups in total. The fourth-order valence-electron chi connectivity index (χ4n) is 8.84. The maximum atomic E-state index is 13.5. The minimum atomic E-state index is -0.525. The van der Waals surface area contributed by atoms with E-state index in [1.165, 1.54) is 21.3 Å². The molecule has 0 bridgehead atoms. The van der Waals surface area contributed by atoms with E-state index in [9.17, 15) is 28.8 Å². The van der Waals surface area contributed by atoms with Crippen LogP contribution in [0.2, 0.25) is 0 Å². The van der Waals surface area contributed by atoms with Crippen LogP contribution in [0.3, 0.4) is 0 Å². The molecule has 0 saturated carbocycles. The average Bonchev–Trinajstić information content (AvgIpc) is 2.10. The van der Waals surface area contributed by atoms with Crippen molar-refractivity contribution in [3.8, 4) is 5.75 Å². The Morgan fingerprint density at radius 3 is 1.27 bits per heavy atom. The van der Waals surface area contributed by atoms with E-state index in [1.807, 2.05) is 178 Å². The second-order valence-electron chi connectivity index (χ2n) is 20.8. The van der Waals surface area contributed by atoms with Gasteiger partial charge in [-0.05, 0) is 105 Å².